The van der Waals surface area contributed by atoms with Gasteiger partial charge in [-0.15, -0.1) is 0 Å². The minimum absolute atomic E-state index is 0.0220. The molecule has 3 aliphatic heterocycles. The molecule has 154 valence electrons. The van der Waals surface area contributed by atoms with E-state index in [4.69, 9.17) is 0 Å². The van der Waals surface area contributed by atoms with Gasteiger partial charge in [0.2, 0.25) is 11.8 Å². The third kappa shape index (κ3) is 3.23. The normalized spacial score (nSPS) is 27.8. The van der Waals surface area contributed by atoms with E-state index in [-0.39, 0.29) is 23.7 Å². The molecule has 1 aromatic rings. The zero-order valence-corrected chi connectivity index (χ0v) is 17.6. The molecule has 4 rings (SSSR count). The Morgan fingerprint density at radius 3 is 2.50 bits per heavy atom. The summed E-state index contributed by atoms with van der Waals surface area (Å²) in [7, 11) is 1.98. The molecule has 1 aromatic heterocycles. The Labute approximate surface area is 167 Å². The molecule has 3 saturated heterocycles. The SMILES string of the molecule is Cc1cc(CN2C[C@@H]3CN(C(=O)C(C)C)C[C@]3(C(=O)N3CCCC3)C2)n(C)n1. The lowest BCUT2D eigenvalue weighted by Crippen LogP contribution is -2.49. The first-order valence-corrected chi connectivity index (χ1v) is 10.6. The zero-order chi connectivity index (χ0) is 20.1. The summed E-state index contributed by atoms with van der Waals surface area (Å²) in [6.07, 6.45) is 2.19. The average Bonchev–Trinajstić information content (AvgIpc) is 3.38. The van der Waals surface area contributed by atoms with E-state index in [1.807, 2.05) is 42.3 Å². The van der Waals surface area contributed by atoms with E-state index >= 15 is 0 Å². The average molecular weight is 388 g/mol. The van der Waals surface area contributed by atoms with E-state index in [1.165, 1.54) is 5.69 Å². The Morgan fingerprint density at radius 2 is 1.89 bits per heavy atom. The summed E-state index contributed by atoms with van der Waals surface area (Å²) < 4.78 is 1.94. The number of aromatic nitrogens is 2. The van der Waals surface area contributed by atoms with E-state index in [2.05, 4.69) is 16.1 Å². The highest BCUT2D eigenvalue weighted by Gasteiger charge is 2.59. The summed E-state index contributed by atoms with van der Waals surface area (Å²) in [6.45, 7) is 11.3. The molecule has 0 aromatic carbocycles. The van der Waals surface area contributed by atoms with Gasteiger partial charge in [-0.25, -0.2) is 0 Å². The lowest BCUT2D eigenvalue weighted by molar-refractivity contribution is -0.142. The van der Waals surface area contributed by atoms with Crippen LogP contribution < -0.4 is 0 Å². The molecule has 0 spiro atoms. The van der Waals surface area contributed by atoms with Gasteiger partial charge >= 0.3 is 0 Å². The number of aryl methyl sites for hydroxylation is 2. The lowest BCUT2D eigenvalue weighted by Gasteiger charge is -2.32. The fourth-order valence-electron chi connectivity index (χ4n) is 5.40. The van der Waals surface area contributed by atoms with E-state index in [9.17, 15) is 9.59 Å². The van der Waals surface area contributed by atoms with Crippen molar-refractivity contribution in [3.05, 3.63) is 17.5 Å². The molecule has 0 radical (unpaired) electrons. The first-order chi connectivity index (χ1) is 13.3. The lowest BCUT2D eigenvalue weighted by atomic mass is 9.79. The number of rotatable bonds is 4. The zero-order valence-electron chi connectivity index (χ0n) is 17.6. The Bertz CT molecular complexity index is 767. The number of hydrogen-bond acceptors (Lipinski definition) is 4. The van der Waals surface area contributed by atoms with Gasteiger partial charge in [0.15, 0.2) is 0 Å². The molecule has 0 bridgehead atoms. The molecule has 4 heterocycles. The van der Waals surface area contributed by atoms with Gasteiger partial charge in [-0.1, -0.05) is 13.8 Å². The van der Waals surface area contributed by atoms with Crippen LogP contribution in [0.5, 0.6) is 0 Å². The smallest absolute Gasteiger partial charge is 0.232 e. The number of hydrogen-bond donors (Lipinski definition) is 0. The Hall–Kier alpha value is -1.89. The molecule has 0 N–H and O–H groups in total. The first-order valence-electron chi connectivity index (χ1n) is 10.6. The Kier molecular flexibility index (Phi) is 4.98. The van der Waals surface area contributed by atoms with Gasteiger partial charge < -0.3 is 9.80 Å². The topological polar surface area (TPSA) is 61.7 Å². The minimum Gasteiger partial charge on any atom is -0.342 e. The van der Waals surface area contributed by atoms with Gasteiger partial charge in [0.25, 0.3) is 0 Å². The van der Waals surface area contributed by atoms with Crippen molar-refractivity contribution in [1.29, 1.82) is 0 Å². The van der Waals surface area contributed by atoms with E-state index in [0.717, 1.165) is 51.3 Å². The Morgan fingerprint density at radius 1 is 1.18 bits per heavy atom. The summed E-state index contributed by atoms with van der Waals surface area (Å²) >= 11 is 0. The third-order valence-electron chi connectivity index (χ3n) is 6.79. The molecule has 0 saturated carbocycles. The van der Waals surface area contributed by atoms with Crippen LogP contribution in [0.1, 0.15) is 38.1 Å². The van der Waals surface area contributed by atoms with E-state index in [0.29, 0.717) is 13.1 Å². The molecule has 3 aliphatic rings. The van der Waals surface area contributed by atoms with Gasteiger partial charge in [0.1, 0.15) is 0 Å². The molecular weight excluding hydrogens is 354 g/mol. The number of carbonyl (C=O) groups excluding carboxylic acids is 2. The summed E-state index contributed by atoms with van der Waals surface area (Å²) in [6, 6.07) is 2.12. The quantitative estimate of drug-likeness (QED) is 0.781. The number of fused-ring (bicyclic) bond motifs is 1. The highest BCUT2D eigenvalue weighted by Crippen LogP contribution is 2.45. The molecular formula is C21H33N5O2. The van der Waals surface area contributed by atoms with Crippen LogP contribution in [0.15, 0.2) is 6.07 Å². The largest absolute Gasteiger partial charge is 0.342 e. The minimum atomic E-state index is -0.442. The first kappa shape index (κ1) is 19.4. The number of amides is 2. The summed E-state index contributed by atoms with van der Waals surface area (Å²) in [5, 5.41) is 4.46. The van der Waals surface area contributed by atoms with Crippen LogP contribution in [-0.2, 0) is 23.2 Å². The molecule has 0 unspecified atom stereocenters. The number of nitrogens with zero attached hydrogens (tertiary/aromatic N) is 5. The van der Waals surface area contributed by atoms with Crippen molar-refractivity contribution in [2.75, 3.05) is 39.3 Å². The van der Waals surface area contributed by atoms with Crippen molar-refractivity contribution in [3.63, 3.8) is 0 Å². The second-order valence-corrected chi connectivity index (χ2v) is 9.30. The van der Waals surface area contributed by atoms with Crippen molar-refractivity contribution in [3.8, 4) is 0 Å². The molecule has 3 fully saturated rings. The van der Waals surface area contributed by atoms with Gasteiger partial charge in [-0.05, 0) is 25.8 Å². The maximum Gasteiger partial charge on any atom is 0.232 e. The van der Waals surface area contributed by atoms with Crippen LogP contribution >= 0.6 is 0 Å². The van der Waals surface area contributed by atoms with Crippen LogP contribution in [0.2, 0.25) is 0 Å². The van der Waals surface area contributed by atoms with Crippen molar-refractivity contribution in [1.82, 2.24) is 24.5 Å². The Balaban J connectivity index is 1.56. The summed E-state index contributed by atoms with van der Waals surface area (Å²) in [5.41, 5.74) is 1.76. The van der Waals surface area contributed by atoms with E-state index < -0.39 is 5.41 Å². The molecule has 28 heavy (non-hydrogen) atoms. The third-order valence-corrected chi connectivity index (χ3v) is 6.79. The number of carbonyl (C=O) groups is 2. The predicted octanol–water partition coefficient (Wildman–Crippen LogP) is 1.27. The van der Waals surface area contributed by atoms with Crippen LogP contribution in [-0.4, -0.2) is 75.6 Å². The summed E-state index contributed by atoms with van der Waals surface area (Å²) in [4.78, 5) is 32.7. The second kappa shape index (κ2) is 7.17. The maximum atomic E-state index is 13.6. The van der Waals surface area contributed by atoms with Gasteiger partial charge in [0, 0.05) is 64.7 Å². The molecule has 0 aliphatic carbocycles. The van der Waals surface area contributed by atoms with Crippen LogP contribution in [0, 0.1) is 24.2 Å². The molecule has 2 amide bonds. The van der Waals surface area contributed by atoms with Crippen LogP contribution in [0.4, 0.5) is 0 Å². The molecule has 2 atom stereocenters. The standard InChI is InChI=1S/C21H33N5O2/c1-15(2)19(27)26-11-17-10-24(12-18-9-16(3)22-23(18)4)13-21(17,14-26)20(28)25-7-5-6-8-25/h9,15,17H,5-8,10-14H2,1-4H3/t17-,21-/m1/s1. The van der Waals surface area contributed by atoms with Crippen molar-refractivity contribution in [2.45, 2.75) is 40.2 Å². The van der Waals surface area contributed by atoms with Gasteiger partial charge in [0.05, 0.1) is 16.8 Å². The van der Waals surface area contributed by atoms with E-state index in [1.54, 1.807) is 0 Å². The molecule has 7 nitrogen and oxygen atoms in total. The molecule has 7 heteroatoms. The number of likely N-dealkylation sites (tertiary alicyclic amines) is 3. The fourth-order valence-corrected chi connectivity index (χ4v) is 5.40. The monoisotopic (exact) mass is 387 g/mol. The van der Waals surface area contributed by atoms with Gasteiger partial charge in [-0.2, -0.15) is 5.10 Å². The van der Waals surface area contributed by atoms with Crippen molar-refractivity contribution in [2.24, 2.45) is 24.3 Å². The second-order valence-electron chi connectivity index (χ2n) is 9.30. The van der Waals surface area contributed by atoms with Crippen molar-refractivity contribution < 1.29 is 9.59 Å². The van der Waals surface area contributed by atoms with Gasteiger partial charge in [-0.3, -0.25) is 19.2 Å². The fraction of sp³-hybridized carbons (Fsp3) is 0.762. The maximum absolute atomic E-state index is 13.6. The predicted molar refractivity (Wildman–Crippen MR) is 106 cm³/mol. The van der Waals surface area contributed by atoms with Crippen LogP contribution in [0.3, 0.4) is 0 Å². The highest BCUT2D eigenvalue weighted by atomic mass is 16.2. The highest BCUT2D eigenvalue weighted by molar-refractivity contribution is 5.87. The summed E-state index contributed by atoms with van der Waals surface area (Å²) in [5.74, 6) is 0.651. The van der Waals surface area contributed by atoms with Crippen molar-refractivity contribution >= 4 is 11.8 Å². The van der Waals surface area contributed by atoms with Crippen LogP contribution in [0.25, 0.3) is 0 Å².